The van der Waals surface area contributed by atoms with E-state index in [0.29, 0.717) is 10.7 Å². The van der Waals surface area contributed by atoms with E-state index >= 15 is 0 Å². The second kappa shape index (κ2) is 2.75. The highest BCUT2D eigenvalue weighted by atomic mass is 32.1. The van der Waals surface area contributed by atoms with Crippen LogP contribution in [0.15, 0.2) is 4.42 Å². The van der Waals surface area contributed by atoms with E-state index in [2.05, 4.69) is 15.5 Å². The average Bonchev–Trinajstić information content (AvgIpc) is 2.55. The summed E-state index contributed by atoms with van der Waals surface area (Å²) in [5.74, 6) is 0.688. The lowest BCUT2D eigenvalue weighted by Crippen LogP contribution is -2.12. The molecule has 5 heteroatoms. The molecule has 0 saturated carbocycles. The fraction of sp³-hybridized carbons (Fsp3) is 0.667. The minimum Gasteiger partial charge on any atom is -0.412 e. The number of nitrogens with zero attached hydrogens (tertiary/aromatic N) is 1. The summed E-state index contributed by atoms with van der Waals surface area (Å²) in [4.78, 5) is 0.355. The summed E-state index contributed by atoms with van der Waals surface area (Å²) in [6.07, 6.45) is 2.27. The molecule has 1 fully saturated rings. The summed E-state index contributed by atoms with van der Waals surface area (Å²) < 4.78 is 5.15. The number of aromatic amines is 1. The first-order valence-electron chi connectivity index (χ1n) is 3.65. The smallest absolute Gasteiger partial charge is 0.284 e. The Hall–Kier alpha value is -0.680. The minimum absolute atomic E-state index is 0.267. The van der Waals surface area contributed by atoms with E-state index in [1.54, 1.807) is 0 Å². The van der Waals surface area contributed by atoms with Crippen LogP contribution in [0.1, 0.15) is 24.8 Å². The van der Waals surface area contributed by atoms with Gasteiger partial charge in [-0.2, -0.15) is 0 Å². The molecule has 0 bridgehead atoms. The normalized spacial score (nSPS) is 24.2. The Kier molecular flexibility index (Phi) is 1.75. The number of nitrogens with one attached hydrogen (secondary N) is 2. The summed E-state index contributed by atoms with van der Waals surface area (Å²) in [5, 5.41) is 9.81. The minimum atomic E-state index is 0.267. The van der Waals surface area contributed by atoms with Crippen LogP contribution in [0.5, 0.6) is 0 Å². The maximum Gasteiger partial charge on any atom is 0.284 e. The van der Waals surface area contributed by atoms with E-state index in [9.17, 15) is 0 Å². The number of rotatable bonds is 1. The Morgan fingerprint density at radius 3 is 3.09 bits per heavy atom. The molecule has 1 aliphatic rings. The van der Waals surface area contributed by atoms with Crippen LogP contribution in [0.4, 0.5) is 0 Å². The quantitative estimate of drug-likeness (QED) is 0.622. The highest BCUT2D eigenvalue weighted by Crippen LogP contribution is 2.20. The first-order valence-corrected chi connectivity index (χ1v) is 4.06. The average molecular weight is 171 g/mol. The molecule has 0 amide bonds. The molecular weight excluding hydrogens is 162 g/mol. The molecule has 2 heterocycles. The fourth-order valence-corrected chi connectivity index (χ4v) is 1.42. The van der Waals surface area contributed by atoms with Gasteiger partial charge in [-0.1, -0.05) is 0 Å². The van der Waals surface area contributed by atoms with Crippen LogP contribution in [-0.2, 0) is 0 Å². The van der Waals surface area contributed by atoms with Gasteiger partial charge >= 0.3 is 0 Å². The molecule has 1 aromatic heterocycles. The van der Waals surface area contributed by atoms with E-state index in [1.165, 1.54) is 6.42 Å². The largest absolute Gasteiger partial charge is 0.412 e. The molecule has 1 saturated heterocycles. The monoisotopic (exact) mass is 171 g/mol. The third-order valence-corrected chi connectivity index (χ3v) is 1.99. The molecule has 0 unspecified atom stereocenters. The van der Waals surface area contributed by atoms with E-state index in [-0.39, 0.29) is 6.04 Å². The van der Waals surface area contributed by atoms with Gasteiger partial charge in [0.15, 0.2) is 0 Å². The van der Waals surface area contributed by atoms with E-state index in [0.717, 1.165) is 13.0 Å². The SMILES string of the molecule is S=c1[nH]nc([C@@H]2CCCN2)o1. The van der Waals surface area contributed by atoms with Crippen molar-refractivity contribution < 1.29 is 4.42 Å². The summed E-state index contributed by atoms with van der Waals surface area (Å²) >= 11 is 4.76. The van der Waals surface area contributed by atoms with E-state index < -0.39 is 0 Å². The number of hydrogen-bond donors (Lipinski definition) is 2. The van der Waals surface area contributed by atoms with E-state index in [4.69, 9.17) is 16.6 Å². The molecule has 0 spiro atoms. The van der Waals surface area contributed by atoms with Gasteiger partial charge < -0.3 is 9.73 Å². The summed E-state index contributed by atoms with van der Waals surface area (Å²) in [5.41, 5.74) is 0. The van der Waals surface area contributed by atoms with Crippen molar-refractivity contribution in [2.45, 2.75) is 18.9 Å². The molecule has 1 aromatic rings. The second-order valence-electron chi connectivity index (χ2n) is 2.60. The number of hydrogen-bond acceptors (Lipinski definition) is 4. The molecule has 1 atom stereocenters. The number of H-pyrrole nitrogens is 1. The summed E-state index contributed by atoms with van der Waals surface area (Å²) in [6.45, 7) is 1.04. The fourth-order valence-electron chi connectivity index (χ4n) is 1.29. The molecule has 0 aliphatic carbocycles. The van der Waals surface area contributed by atoms with Gasteiger partial charge in [-0.15, -0.1) is 5.10 Å². The van der Waals surface area contributed by atoms with Crippen molar-refractivity contribution in [3.05, 3.63) is 10.7 Å². The summed E-state index contributed by atoms with van der Waals surface area (Å²) in [7, 11) is 0. The highest BCUT2D eigenvalue weighted by molar-refractivity contribution is 7.71. The predicted molar refractivity (Wildman–Crippen MR) is 41.7 cm³/mol. The standard InChI is InChI=1S/C6H9N3OS/c11-6-9-8-5(10-6)4-2-1-3-7-4/h4,7H,1-3H2,(H,9,11)/t4-/m0/s1. The molecule has 1 aliphatic heterocycles. The lowest BCUT2D eigenvalue weighted by atomic mass is 10.2. The summed E-state index contributed by atoms with van der Waals surface area (Å²) in [6, 6.07) is 0.267. The van der Waals surface area contributed by atoms with Crippen LogP contribution in [0.25, 0.3) is 0 Å². The molecular formula is C6H9N3OS. The molecule has 60 valence electrons. The van der Waals surface area contributed by atoms with Crippen molar-refractivity contribution >= 4 is 12.2 Å². The van der Waals surface area contributed by atoms with Gasteiger partial charge in [0.2, 0.25) is 5.89 Å². The van der Waals surface area contributed by atoms with Crippen molar-refractivity contribution in [2.24, 2.45) is 0 Å². The third kappa shape index (κ3) is 1.34. The first kappa shape index (κ1) is 7.00. The lowest BCUT2D eigenvalue weighted by molar-refractivity contribution is 0.421. The van der Waals surface area contributed by atoms with Crippen LogP contribution < -0.4 is 5.32 Å². The zero-order valence-corrected chi connectivity index (χ0v) is 6.78. The maximum absolute atomic E-state index is 5.15. The van der Waals surface area contributed by atoms with Gasteiger partial charge in [-0.25, -0.2) is 5.10 Å². The lowest BCUT2D eigenvalue weighted by Gasteiger charge is -2.01. The van der Waals surface area contributed by atoms with Gasteiger partial charge in [0.25, 0.3) is 4.84 Å². The van der Waals surface area contributed by atoms with Crippen molar-refractivity contribution in [3.63, 3.8) is 0 Å². The van der Waals surface area contributed by atoms with Crippen molar-refractivity contribution in [3.8, 4) is 0 Å². The molecule has 2 N–H and O–H groups in total. The van der Waals surface area contributed by atoms with Gasteiger partial charge in [0.1, 0.15) is 0 Å². The van der Waals surface area contributed by atoms with Gasteiger partial charge in [-0.3, -0.25) is 0 Å². The van der Waals surface area contributed by atoms with Gasteiger partial charge in [0, 0.05) is 0 Å². The van der Waals surface area contributed by atoms with Crippen molar-refractivity contribution in [1.82, 2.24) is 15.5 Å². The Morgan fingerprint density at radius 1 is 1.64 bits per heavy atom. The topological polar surface area (TPSA) is 53.9 Å². The van der Waals surface area contributed by atoms with Crippen molar-refractivity contribution in [2.75, 3.05) is 6.54 Å². The van der Waals surface area contributed by atoms with Crippen LogP contribution in [0, 0.1) is 4.84 Å². The number of aromatic nitrogens is 2. The maximum atomic E-state index is 5.15. The van der Waals surface area contributed by atoms with Gasteiger partial charge in [-0.05, 0) is 31.6 Å². The van der Waals surface area contributed by atoms with Crippen LogP contribution in [-0.4, -0.2) is 16.7 Å². The van der Waals surface area contributed by atoms with Crippen LogP contribution in [0.2, 0.25) is 0 Å². The molecule has 11 heavy (non-hydrogen) atoms. The zero-order chi connectivity index (χ0) is 7.68. The Balaban J connectivity index is 2.21. The predicted octanol–water partition coefficient (Wildman–Crippen LogP) is 1.16. The highest BCUT2D eigenvalue weighted by Gasteiger charge is 2.20. The third-order valence-electron chi connectivity index (χ3n) is 1.81. The van der Waals surface area contributed by atoms with Gasteiger partial charge in [0.05, 0.1) is 6.04 Å². The molecule has 2 rings (SSSR count). The zero-order valence-electron chi connectivity index (χ0n) is 5.96. The Labute approximate surface area is 69.0 Å². The first-order chi connectivity index (χ1) is 5.36. The van der Waals surface area contributed by atoms with E-state index in [1.807, 2.05) is 0 Å². The Bertz CT molecular complexity index is 286. The molecule has 0 radical (unpaired) electrons. The molecule has 4 nitrogen and oxygen atoms in total. The Morgan fingerprint density at radius 2 is 2.55 bits per heavy atom. The van der Waals surface area contributed by atoms with Crippen molar-refractivity contribution in [1.29, 1.82) is 0 Å². The molecule has 0 aromatic carbocycles. The second-order valence-corrected chi connectivity index (χ2v) is 2.97. The van der Waals surface area contributed by atoms with Crippen LogP contribution >= 0.6 is 12.2 Å². The van der Waals surface area contributed by atoms with Crippen LogP contribution in [0.3, 0.4) is 0 Å².